The molecule has 102 valence electrons. The van der Waals surface area contributed by atoms with E-state index in [0.717, 1.165) is 43.2 Å². The van der Waals surface area contributed by atoms with Crippen molar-refractivity contribution in [1.82, 2.24) is 5.32 Å². The van der Waals surface area contributed by atoms with Gasteiger partial charge in [0.15, 0.2) is 11.5 Å². The summed E-state index contributed by atoms with van der Waals surface area (Å²) in [7, 11) is 3.57. The zero-order chi connectivity index (χ0) is 13.2. The van der Waals surface area contributed by atoms with Crippen LogP contribution >= 0.6 is 0 Å². The first-order chi connectivity index (χ1) is 8.83. The van der Waals surface area contributed by atoms with Crippen LogP contribution in [0.1, 0.15) is 18.9 Å². The van der Waals surface area contributed by atoms with Crippen molar-refractivity contribution in [3.05, 3.63) is 23.8 Å². The second kappa shape index (κ2) is 8.78. The zero-order valence-electron chi connectivity index (χ0n) is 11.5. The molecule has 1 rings (SSSR count). The van der Waals surface area contributed by atoms with E-state index >= 15 is 0 Å². The van der Waals surface area contributed by atoms with E-state index in [1.165, 1.54) is 0 Å². The Morgan fingerprint density at radius 2 is 2.06 bits per heavy atom. The summed E-state index contributed by atoms with van der Waals surface area (Å²) in [5.41, 5.74) is 1.10. The maximum Gasteiger partial charge on any atom is 0.165 e. The summed E-state index contributed by atoms with van der Waals surface area (Å²) in [6.07, 6.45) is 0.880. The topological polar surface area (TPSA) is 39.7 Å². The van der Waals surface area contributed by atoms with Gasteiger partial charge in [-0.1, -0.05) is 12.1 Å². The Balaban J connectivity index is 2.60. The predicted molar refractivity (Wildman–Crippen MR) is 72.4 cm³/mol. The van der Waals surface area contributed by atoms with Crippen molar-refractivity contribution in [1.29, 1.82) is 0 Å². The summed E-state index contributed by atoms with van der Waals surface area (Å²) in [5.74, 6) is 1.60. The number of benzene rings is 1. The van der Waals surface area contributed by atoms with Gasteiger partial charge in [-0.3, -0.25) is 0 Å². The van der Waals surface area contributed by atoms with Gasteiger partial charge in [-0.2, -0.15) is 0 Å². The Bertz CT molecular complexity index is 342. The van der Waals surface area contributed by atoms with Gasteiger partial charge >= 0.3 is 0 Å². The lowest BCUT2D eigenvalue weighted by atomic mass is 10.2. The quantitative estimate of drug-likeness (QED) is 0.685. The van der Waals surface area contributed by atoms with Gasteiger partial charge in [0.05, 0.1) is 13.7 Å². The molecule has 1 aromatic carbocycles. The molecule has 1 N–H and O–H groups in total. The molecule has 0 aliphatic rings. The number of nitrogens with one attached hydrogen (secondary N) is 1. The molecule has 0 radical (unpaired) electrons. The Morgan fingerprint density at radius 3 is 2.72 bits per heavy atom. The lowest BCUT2D eigenvalue weighted by Crippen LogP contribution is -2.10. The van der Waals surface area contributed by atoms with Gasteiger partial charge in [0.25, 0.3) is 0 Å². The molecule has 1 aromatic rings. The van der Waals surface area contributed by atoms with Crippen LogP contribution in [-0.2, 0) is 11.3 Å². The van der Waals surface area contributed by atoms with E-state index < -0.39 is 0 Å². The molecule has 0 saturated carbocycles. The van der Waals surface area contributed by atoms with Gasteiger partial charge in [0.1, 0.15) is 0 Å². The maximum atomic E-state index is 5.81. The van der Waals surface area contributed by atoms with Gasteiger partial charge in [-0.25, -0.2) is 0 Å². The van der Waals surface area contributed by atoms with E-state index in [-0.39, 0.29) is 0 Å². The average Bonchev–Trinajstić information content (AvgIpc) is 2.40. The highest BCUT2D eigenvalue weighted by atomic mass is 16.5. The van der Waals surface area contributed by atoms with Crippen molar-refractivity contribution in [2.75, 3.05) is 34.0 Å². The molecular formula is C14H23NO3. The van der Waals surface area contributed by atoms with E-state index in [1.807, 2.05) is 32.2 Å². The lowest BCUT2D eigenvalue weighted by Gasteiger charge is -2.14. The van der Waals surface area contributed by atoms with E-state index in [0.29, 0.717) is 6.61 Å². The first kappa shape index (κ1) is 14.8. The highest BCUT2D eigenvalue weighted by Gasteiger charge is 2.09. The molecule has 0 aliphatic carbocycles. The summed E-state index contributed by atoms with van der Waals surface area (Å²) in [6.45, 7) is 4.87. The van der Waals surface area contributed by atoms with E-state index in [1.54, 1.807) is 7.11 Å². The Kier molecular flexibility index (Phi) is 7.22. The van der Waals surface area contributed by atoms with Crippen LogP contribution in [0.5, 0.6) is 11.5 Å². The molecule has 0 heterocycles. The van der Waals surface area contributed by atoms with Gasteiger partial charge in [0, 0.05) is 31.7 Å². The van der Waals surface area contributed by atoms with Gasteiger partial charge < -0.3 is 19.5 Å². The first-order valence-electron chi connectivity index (χ1n) is 6.34. The molecule has 0 unspecified atom stereocenters. The van der Waals surface area contributed by atoms with Crippen LogP contribution in [0, 0.1) is 0 Å². The molecule has 0 aliphatic heterocycles. The zero-order valence-corrected chi connectivity index (χ0v) is 11.5. The molecule has 0 saturated heterocycles. The molecule has 0 spiro atoms. The fraction of sp³-hybridized carbons (Fsp3) is 0.571. The van der Waals surface area contributed by atoms with E-state index in [9.17, 15) is 0 Å². The third kappa shape index (κ3) is 4.55. The number of hydrogen-bond acceptors (Lipinski definition) is 4. The summed E-state index contributed by atoms with van der Waals surface area (Å²) in [6, 6.07) is 5.92. The summed E-state index contributed by atoms with van der Waals surface area (Å²) < 4.78 is 16.4. The average molecular weight is 253 g/mol. The van der Waals surface area contributed by atoms with Gasteiger partial charge in [-0.05, 0) is 20.0 Å². The molecule has 0 bridgehead atoms. The van der Waals surface area contributed by atoms with Crippen LogP contribution in [0.25, 0.3) is 0 Å². The minimum Gasteiger partial charge on any atom is -0.493 e. The molecule has 0 fully saturated rings. The number of ether oxygens (including phenoxy) is 3. The maximum absolute atomic E-state index is 5.81. The molecule has 0 atom stereocenters. The summed E-state index contributed by atoms with van der Waals surface area (Å²) in [4.78, 5) is 0. The van der Waals surface area contributed by atoms with Crippen LogP contribution in [0.3, 0.4) is 0 Å². The molecular weight excluding hydrogens is 230 g/mol. The minimum atomic E-state index is 0.636. The normalized spacial score (nSPS) is 10.4. The molecule has 18 heavy (non-hydrogen) atoms. The SMILES string of the molecule is CCOCCCOc1c(CNC)cccc1OC. The number of rotatable bonds is 9. The highest BCUT2D eigenvalue weighted by molar-refractivity contribution is 5.46. The van der Waals surface area contributed by atoms with Crippen LogP contribution in [0.2, 0.25) is 0 Å². The lowest BCUT2D eigenvalue weighted by molar-refractivity contribution is 0.130. The highest BCUT2D eigenvalue weighted by Crippen LogP contribution is 2.31. The van der Waals surface area contributed by atoms with Crippen molar-refractivity contribution in [3.63, 3.8) is 0 Å². The predicted octanol–water partition coefficient (Wildman–Crippen LogP) is 2.22. The number of hydrogen-bond donors (Lipinski definition) is 1. The Hall–Kier alpha value is -1.26. The second-order valence-corrected chi connectivity index (χ2v) is 3.88. The molecule has 0 aromatic heterocycles. The monoisotopic (exact) mass is 253 g/mol. The van der Waals surface area contributed by atoms with Crippen molar-refractivity contribution in [3.8, 4) is 11.5 Å². The molecule has 0 amide bonds. The second-order valence-electron chi connectivity index (χ2n) is 3.88. The Labute approximate surface area is 109 Å². The number of para-hydroxylation sites is 1. The van der Waals surface area contributed by atoms with Gasteiger partial charge in [-0.15, -0.1) is 0 Å². The van der Waals surface area contributed by atoms with E-state index in [4.69, 9.17) is 14.2 Å². The minimum absolute atomic E-state index is 0.636. The standard InChI is InChI=1S/C14H23NO3/c1-4-17-9-6-10-18-14-12(11-15-2)7-5-8-13(14)16-3/h5,7-8,15H,4,6,9-11H2,1-3H3. The largest absolute Gasteiger partial charge is 0.493 e. The number of methoxy groups -OCH3 is 1. The van der Waals surface area contributed by atoms with Crippen molar-refractivity contribution < 1.29 is 14.2 Å². The summed E-state index contributed by atoms with van der Waals surface area (Å²) >= 11 is 0. The van der Waals surface area contributed by atoms with E-state index in [2.05, 4.69) is 5.32 Å². The van der Waals surface area contributed by atoms with Crippen molar-refractivity contribution >= 4 is 0 Å². The fourth-order valence-electron chi connectivity index (χ4n) is 1.70. The van der Waals surface area contributed by atoms with Crippen LogP contribution in [-0.4, -0.2) is 34.0 Å². The first-order valence-corrected chi connectivity index (χ1v) is 6.34. The van der Waals surface area contributed by atoms with Crippen molar-refractivity contribution in [2.45, 2.75) is 19.9 Å². The third-order valence-electron chi connectivity index (χ3n) is 2.53. The summed E-state index contributed by atoms with van der Waals surface area (Å²) in [5, 5.41) is 3.13. The Morgan fingerprint density at radius 1 is 1.22 bits per heavy atom. The van der Waals surface area contributed by atoms with Crippen LogP contribution in [0.15, 0.2) is 18.2 Å². The van der Waals surface area contributed by atoms with Crippen LogP contribution in [0.4, 0.5) is 0 Å². The van der Waals surface area contributed by atoms with Gasteiger partial charge in [0.2, 0.25) is 0 Å². The van der Waals surface area contributed by atoms with Crippen molar-refractivity contribution in [2.24, 2.45) is 0 Å². The fourth-order valence-corrected chi connectivity index (χ4v) is 1.70. The molecule has 4 heteroatoms. The third-order valence-corrected chi connectivity index (χ3v) is 2.53. The smallest absolute Gasteiger partial charge is 0.165 e. The molecule has 4 nitrogen and oxygen atoms in total. The van der Waals surface area contributed by atoms with Crippen LogP contribution < -0.4 is 14.8 Å².